The van der Waals surface area contributed by atoms with Crippen LogP contribution >= 0.6 is 0 Å². The van der Waals surface area contributed by atoms with Gasteiger partial charge in [0.2, 0.25) is 5.91 Å². The second kappa shape index (κ2) is 6.13. The molecule has 4 N–H and O–H groups in total. The van der Waals surface area contributed by atoms with E-state index in [4.69, 9.17) is 5.73 Å². The normalized spacial score (nSPS) is 13.3. The van der Waals surface area contributed by atoms with Gasteiger partial charge in [-0.3, -0.25) is 4.79 Å². The molecule has 1 aromatic rings. The molecule has 0 aliphatic carbocycles. The molecule has 0 aliphatic rings. The van der Waals surface area contributed by atoms with E-state index in [2.05, 4.69) is 5.32 Å². The van der Waals surface area contributed by atoms with Crippen LogP contribution in [0.1, 0.15) is 19.4 Å². The van der Waals surface area contributed by atoms with Crippen LogP contribution in [0, 0.1) is 11.8 Å². The fourth-order valence-electron chi connectivity index (χ4n) is 1.72. The molecule has 20 heavy (non-hydrogen) atoms. The molecule has 1 atom stereocenters. The van der Waals surface area contributed by atoms with Gasteiger partial charge in [0.05, 0.1) is 17.2 Å². The molecule has 1 amide bonds. The number of anilines is 1. The van der Waals surface area contributed by atoms with Gasteiger partial charge in [-0.1, -0.05) is 13.8 Å². The van der Waals surface area contributed by atoms with Crippen LogP contribution in [0.4, 0.5) is 18.9 Å². The van der Waals surface area contributed by atoms with Crippen LogP contribution in [0.25, 0.3) is 0 Å². The van der Waals surface area contributed by atoms with E-state index in [0.717, 1.165) is 12.1 Å². The van der Waals surface area contributed by atoms with Gasteiger partial charge < -0.3 is 16.2 Å². The summed E-state index contributed by atoms with van der Waals surface area (Å²) in [4.78, 5) is 11.9. The van der Waals surface area contributed by atoms with Crippen molar-refractivity contribution in [2.45, 2.75) is 20.0 Å². The van der Waals surface area contributed by atoms with Crippen LogP contribution in [0.5, 0.6) is 5.75 Å². The van der Waals surface area contributed by atoms with Gasteiger partial charge in [-0.2, -0.15) is 13.2 Å². The molecule has 0 bridgehead atoms. The lowest BCUT2D eigenvalue weighted by Gasteiger charge is -2.19. The summed E-state index contributed by atoms with van der Waals surface area (Å²) in [7, 11) is 0. The maximum Gasteiger partial charge on any atom is 0.416 e. The molecule has 1 aromatic carbocycles. The average molecular weight is 290 g/mol. The number of hydrogen-bond acceptors (Lipinski definition) is 3. The lowest BCUT2D eigenvalue weighted by molar-refractivity contribution is -0.137. The molecule has 0 radical (unpaired) electrons. The molecule has 0 aliphatic heterocycles. The Bertz CT molecular complexity index is 487. The van der Waals surface area contributed by atoms with E-state index in [9.17, 15) is 23.1 Å². The molecular formula is C13H17F3N2O2. The predicted octanol–water partition coefficient (Wildman–Crippen LogP) is 2.58. The van der Waals surface area contributed by atoms with Crippen molar-refractivity contribution in [1.29, 1.82) is 0 Å². The summed E-state index contributed by atoms with van der Waals surface area (Å²) < 4.78 is 37.7. The standard InChI is InChI=1S/C13H17F3N2O2/c1-7(2)9(6-17)12(20)18-10-5-8(13(14,15)16)3-4-11(10)19/h3-5,7,9,19H,6,17H2,1-2H3,(H,18,20). The summed E-state index contributed by atoms with van der Waals surface area (Å²) in [6.45, 7) is 3.63. The van der Waals surface area contributed by atoms with Gasteiger partial charge in [0, 0.05) is 6.54 Å². The number of carbonyl (C=O) groups is 1. The van der Waals surface area contributed by atoms with Crippen LogP contribution in [0.2, 0.25) is 0 Å². The summed E-state index contributed by atoms with van der Waals surface area (Å²) in [5, 5.41) is 11.8. The van der Waals surface area contributed by atoms with E-state index in [1.807, 2.05) is 0 Å². The van der Waals surface area contributed by atoms with Crippen LogP contribution in [0.15, 0.2) is 18.2 Å². The Morgan fingerprint density at radius 1 is 1.40 bits per heavy atom. The molecule has 0 saturated carbocycles. The van der Waals surface area contributed by atoms with Gasteiger partial charge in [-0.15, -0.1) is 0 Å². The van der Waals surface area contributed by atoms with Gasteiger partial charge in [-0.05, 0) is 24.1 Å². The second-order valence-electron chi connectivity index (χ2n) is 4.81. The number of phenolic OH excluding ortho intramolecular Hbond substituents is 1. The third-order valence-corrected chi connectivity index (χ3v) is 2.98. The van der Waals surface area contributed by atoms with E-state index in [-0.39, 0.29) is 18.2 Å². The molecule has 1 rings (SSSR count). The number of hydrogen-bond donors (Lipinski definition) is 3. The zero-order valence-electron chi connectivity index (χ0n) is 11.2. The topological polar surface area (TPSA) is 75.4 Å². The quantitative estimate of drug-likeness (QED) is 0.746. The number of amides is 1. The Hall–Kier alpha value is -1.76. The number of nitrogens with one attached hydrogen (secondary N) is 1. The van der Waals surface area contributed by atoms with Crippen molar-refractivity contribution in [3.05, 3.63) is 23.8 Å². The highest BCUT2D eigenvalue weighted by molar-refractivity contribution is 5.94. The SMILES string of the molecule is CC(C)C(CN)C(=O)Nc1cc(C(F)(F)F)ccc1O. The minimum atomic E-state index is -4.54. The number of nitrogens with two attached hydrogens (primary N) is 1. The number of benzene rings is 1. The van der Waals surface area contributed by atoms with Gasteiger partial charge in [-0.25, -0.2) is 0 Å². The number of carbonyl (C=O) groups excluding carboxylic acids is 1. The summed E-state index contributed by atoms with van der Waals surface area (Å²) >= 11 is 0. The van der Waals surface area contributed by atoms with Crippen LogP contribution in [-0.2, 0) is 11.0 Å². The summed E-state index contributed by atoms with van der Waals surface area (Å²) in [5.41, 5.74) is 4.24. The van der Waals surface area contributed by atoms with E-state index in [1.165, 1.54) is 0 Å². The third-order valence-electron chi connectivity index (χ3n) is 2.98. The first kappa shape index (κ1) is 16.3. The Morgan fingerprint density at radius 3 is 2.45 bits per heavy atom. The lowest BCUT2D eigenvalue weighted by atomic mass is 9.95. The Morgan fingerprint density at radius 2 is 2.00 bits per heavy atom. The molecule has 0 heterocycles. The highest BCUT2D eigenvalue weighted by Gasteiger charge is 2.31. The largest absolute Gasteiger partial charge is 0.506 e. The number of rotatable bonds is 4. The minimum Gasteiger partial charge on any atom is -0.506 e. The maximum atomic E-state index is 12.6. The number of phenols is 1. The van der Waals surface area contributed by atoms with E-state index in [0.29, 0.717) is 6.07 Å². The summed E-state index contributed by atoms with van der Waals surface area (Å²) in [6.07, 6.45) is -4.54. The zero-order chi connectivity index (χ0) is 15.5. The van der Waals surface area contributed by atoms with E-state index >= 15 is 0 Å². The molecule has 0 aromatic heterocycles. The predicted molar refractivity (Wildman–Crippen MR) is 69.1 cm³/mol. The molecule has 112 valence electrons. The van der Waals surface area contributed by atoms with Crippen LogP contribution in [0.3, 0.4) is 0 Å². The molecule has 4 nitrogen and oxygen atoms in total. The Kier molecular flexibility index (Phi) is 4.99. The number of alkyl halides is 3. The summed E-state index contributed by atoms with van der Waals surface area (Å²) in [6, 6.07) is 2.33. The smallest absolute Gasteiger partial charge is 0.416 e. The number of aromatic hydroxyl groups is 1. The Balaban J connectivity index is 3.00. The van der Waals surface area contributed by atoms with Gasteiger partial charge in [0.15, 0.2) is 0 Å². The van der Waals surface area contributed by atoms with Gasteiger partial charge >= 0.3 is 6.18 Å². The van der Waals surface area contributed by atoms with Gasteiger partial charge in [0.1, 0.15) is 5.75 Å². The fourth-order valence-corrected chi connectivity index (χ4v) is 1.72. The first-order chi connectivity index (χ1) is 9.16. The molecule has 7 heteroatoms. The van der Waals surface area contributed by atoms with Crippen molar-refractivity contribution < 1.29 is 23.1 Å². The van der Waals surface area contributed by atoms with Gasteiger partial charge in [0.25, 0.3) is 0 Å². The van der Waals surface area contributed by atoms with Crippen molar-refractivity contribution in [2.75, 3.05) is 11.9 Å². The number of halogens is 3. The molecule has 1 unspecified atom stereocenters. The highest BCUT2D eigenvalue weighted by atomic mass is 19.4. The molecule has 0 fully saturated rings. The van der Waals surface area contributed by atoms with Crippen molar-refractivity contribution in [2.24, 2.45) is 17.6 Å². The van der Waals surface area contributed by atoms with Crippen molar-refractivity contribution in [3.63, 3.8) is 0 Å². The van der Waals surface area contributed by atoms with Crippen molar-refractivity contribution in [1.82, 2.24) is 0 Å². The molecular weight excluding hydrogens is 273 g/mol. The van der Waals surface area contributed by atoms with E-state index in [1.54, 1.807) is 13.8 Å². The summed E-state index contributed by atoms with van der Waals surface area (Å²) in [5.74, 6) is -1.54. The van der Waals surface area contributed by atoms with E-state index < -0.39 is 29.3 Å². The second-order valence-corrected chi connectivity index (χ2v) is 4.81. The lowest BCUT2D eigenvalue weighted by Crippen LogP contribution is -2.33. The Labute approximate surface area is 114 Å². The van der Waals surface area contributed by atoms with Crippen molar-refractivity contribution >= 4 is 11.6 Å². The fraction of sp³-hybridized carbons (Fsp3) is 0.462. The monoisotopic (exact) mass is 290 g/mol. The van der Waals surface area contributed by atoms with Crippen LogP contribution < -0.4 is 11.1 Å². The molecule has 0 spiro atoms. The average Bonchev–Trinajstić information content (AvgIpc) is 2.30. The van der Waals surface area contributed by atoms with Crippen LogP contribution in [-0.4, -0.2) is 17.6 Å². The first-order valence-corrected chi connectivity index (χ1v) is 6.08. The third kappa shape index (κ3) is 3.86. The zero-order valence-corrected chi connectivity index (χ0v) is 11.2. The van der Waals surface area contributed by atoms with Crippen molar-refractivity contribution in [3.8, 4) is 5.75 Å². The molecule has 0 saturated heterocycles. The maximum absolute atomic E-state index is 12.6. The highest BCUT2D eigenvalue weighted by Crippen LogP contribution is 2.34. The first-order valence-electron chi connectivity index (χ1n) is 6.08. The minimum absolute atomic E-state index is 0.0621.